The molecule has 0 aromatic heterocycles. The summed E-state index contributed by atoms with van der Waals surface area (Å²) in [6.45, 7) is 2.40. The van der Waals surface area contributed by atoms with Crippen LogP contribution in [-0.4, -0.2) is 58.6 Å². The number of carboxylic acids is 1. The quantitative estimate of drug-likeness (QED) is 0.675. The van der Waals surface area contributed by atoms with E-state index in [0.29, 0.717) is 6.54 Å². The molecule has 2 rings (SSSR count). The molecular formula is C10H14FN3O4. The van der Waals surface area contributed by atoms with Crippen LogP contribution in [0.3, 0.4) is 0 Å². The van der Waals surface area contributed by atoms with Crippen LogP contribution in [0.5, 0.6) is 0 Å². The number of carbonyl (C=O) groups excluding carboxylic acids is 1. The normalized spacial score (nSPS) is 28.4. The minimum absolute atomic E-state index is 0.245. The molecule has 2 amide bonds. The van der Waals surface area contributed by atoms with E-state index in [9.17, 15) is 14.0 Å². The van der Waals surface area contributed by atoms with Crippen LogP contribution >= 0.6 is 0 Å². The fraction of sp³-hybridized carbons (Fsp3) is 0.600. The third-order valence-electron chi connectivity index (χ3n) is 3.10. The summed E-state index contributed by atoms with van der Waals surface area (Å²) in [5.74, 6) is -1.77. The Labute approximate surface area is 103 Å². The topological polar surface area (TPSA) is 96.1 Å². The summed E-state index contributed by atoms with van der Waals surface area (Å²) < 4.78 is 13.0. The Morgan fingerprint density at radius 1 is 1.78 bits per heavy atom. The molecule has 2 aliphatic rings. The molecule has 1 saturated heterocycles. The Kier molecular flexibility index (Phi) is 3.22. The van der Waals surface area contributed by atoms with Crippen molar-refractivity contribution in [2.45, 2.75) is 25.4 Å². The van der Waals surface area contributed by atoms with Crippen molar-refractivity contribution in [2.24, 2.45) is 5.73 Å². The number of hydrogen-bond donors (Lipinski definition) is 2. The third kappa shape index (κ3) is 1.93. The van der Waals surface area contributed by atoms with Crippen LogP contribution in [0.1, 0.15) is 6.92 Å². The molecule has 2 bridgehead atoms. The number of urea groups is 1. The molecule has 8 heteroatoms. The highest BCUT2D eigenvalue weighted by Crippen LogP contribution is 2.29. The summed E-state index contributed by atoms with van der Waals surface area (Å²) in [6.07, 6.45) is -0.812. The molecule has 3 atom stereocenters. The van der Waals surface area contributed by atoms with Gasteiger partial charge in [-0.2, -0.15) is 5.06 Å². The van der Waals surface area contributed by atoms with E-state index in [1.807, 2.05) is 6.92 Å². The molecule has 3 N–H and O–H groups in total. The smallest absolute Gasteiger partial charge is 0.368 e. The zero-order chi connectivity index (χ0) is 13.4. The van der Waals surface area contributed by atoms with E-state index in [0.717, 1.165) is 10.6 Å². The number of halogens is 1. The Bertz CT molecular complexity index is 414. The van der Waals surface area contributed by atoms with E-state index in [2.05, 4.69) is 4.84 Å². The summed E-state index contributed by atoms with van der Waals surface area (Å²) in [4.78, 5) is 28.3. The average molecular weight is 259 g/mol. The van der Waals surface area contributed by atoms with Crippen molar-refractivity contribution < 1.29 is 23.9 Å². The Hall–Kier alpha value is -1.67. The largest absolute Gasteiger partial charge is 0.477 e. The number of hydrogen-bond acceptors (Lipinski definition) is 4. The maximum Gasteiger partial charge on any atom is 0.368 e. The second-order valence-corrected chi connectivity index (χ2v) is 4.25. The predicted octanol–water partition coefficient (Wildman–Crippen LogP) is -0.308. The number of rotatable bonds is 4. The number of fused-ring (bicyclic) bond motifs is 2. The Morgan fingerprint density at radius 2 is 2.44 bits per heavy atom. The van der Waals surface area contributed by atoms with Gasteiger partial charge in [-0.15, -0.1) is 0 Å². The van der Waals surface area contributed by atoms with Crippen LogP contribution in [0.15, 0.2) is 11.6 Å². The first-order valence-electron chi connectivity index (χ1n) is 5.47. The van der Waals surface area contributed by atoms with Gasteiger partial charge in [0.1, 0.15) is 0 Å². The number of carbonyl (C=O) groups is 2. The van der Waals surface area contributed by atoms with Gasteiger partial charge in [0, 0.05) is 13.1 Å². The number of amides is 2. The summed E-state index contributed by atoms with van der Waals surface area (Å²) >= 11 is 0. The lowest BCUT2D eigenvalue weighted by molar-refractivity contribution is -0.219. The van der Waals surface area contributed by atoms with Crippen LogP contribution in [0, 0.1) is 0 Å². The monoisotopic (exact) mass is 259 g/mol. The molecule has 0 saturated carbocycles. The average Bonchev–Trinajstić information content (AvgIpc) is 2.55. The molecule has 2 aliphatic heterocycles. The van der Waals surface area contributed by atoms with E-state index in [1.54, 1.807) is 6.08 Å². The van der Waals surface area contributed by atoms with Crippen molar-refractivity contribution in [1.82, 2.24) is 9.96 Å². The van der Waals surface area contributed by atoms with E-state index in [-0.39, 0.29) is 12.6 Å². The zero-order valence-corrected chi connectivity index (χ0v) is 9.75. The Balaban J connectivity index is 2.17. The molecule has 2 heterocycles. The molecule has 0 aliphatic carbocycles. The summed E-state index contributed by atoms with van der Waals surface area (Å²) in [5.41, 5.74) is 6.46. The minimum Gasteiger partial charge on any atom is -0.477 e. The molecule has 18 heavy (non-hydrogen) atoms. The van der Waals surface area contributed by atoms with Crippen LogP contribution in [0.4, 0.5) is 9.18 Å². The highest BCUT2D eigenvalue weighted by atomic mass is 19.1. The van der Waals surface area contributed by atoms with Gasteiger partial charge < -0.3 is 15.7 Å². The molecular weight excluding hydrogens is 245 g/mol. The lowest BCUT2D eigenvalue weighted by atomic mass is 10.0. The third-order valence-corrected chi connectivity index (χ3v) is 3.10. The lowest BCUT2D eigenvalue weighted by Gasteiger charge is -2.28. The van der Waals surface area contributed by atoms with E-state index >= 15 is 0 Å². The maximum atomic E-state index is 13.0. The standard InChI is InChI=1S/C10H14FN3O4/c1-5-2-6-4-13(7(5)3-12)10(17)14(6)18-8(11)9(15)16/h2,6-8H,3-4,12H2,1H3,(H,15,16)/t6-,7+,8+/m0/s1. The molecule has 0 unspecified atom stereocenters. The molecule has 0 radical (unpaired) electrons. The van der Waals surface area contributed by atoms with Crippen molar-refractivity contribution >= 4 is 12.0 Å². The van der Waals surface area contributed by atoms with Gasteiger partial charge >= 0.3 is 18.4 Å². The van der Waals surface area contributed by atoms with Gasteiger partial charge in [-0.25, -0.2) is 18.8 Å². The van der Waals surface area contributed by atoms with Crippen molar-refractivity contribution in [3.8, 4) is 0 Å². The second kappa shape index (κ2) is 4.54. The van der Waals surface area contributed by atoms with Gasteiger partial charge in [0.05, 0.1) is 12.1 Å². The number of nitrogens with zero attached hydrogens (tertiary/aromatic N) is 2. The highest BCUT2D eigenvalue weighted by Gasteiger charge is 2.45. The lowest BCUT2D eigenvalue weighted by Crippen LogP contribution is -2.44. The van der Waals surface area contributed by atoms with Crippen LogP contribution < -0.4 is 5.73 Å². The summed E-state index contributed by atoms with van der Waals surface area (Å²) in [5, 5.41) is 9.19. The molecule has 100 valence electrons. The van der Waals surface area contributed by atoms with Crippen molar-refractivity contribution in [2.75, 3.05) is 13.1 Å². The summed E-state index contributed by atoms with van der Waals surface area (Å²) in [6, 6.07) is -1.28. The number of carboxylic acid groups (broad SMARTS) is 1. The summed E-state index contributed by atoms with van der Waals surface area (Å²) in [7, 11) is 0. The number of alkyl halides is 1. The minimum atomic E-state index is -2.56. The van der Waals surface area contributed by atoms with Crippen molar-refractivity contribution in [1.29, 1.82) is 0 Å². The first-order valence-corrected chi connectivity index (χ1v) is 5.47. The van der Waals surface area contributed by atoms with Crippen LogP contribution in [0.2, 0.25) is 0 Å². The highest BCUT2D eigenvalue weighted by molar-refractivity contribution is 5.79. The molecule has 7 nitrogen and oxygen atoms in total. The van der Waals surface area contributed by atoms with E-state index in [1.165, 1.54) is 4.90 Å². The predicted molar refractivity (Wildman–Crippen MR) is 57.9 cm³/mol. The number of nitrogens with two attached hydrogens (primary N) is 1. The molecule has 0 aromatic carbocycles. The van der Waals surface area contributed by atoms with Crippen molar-refractivity contribution in [3.63, 3.8) is 0 Å². The van der Waals surface area contributed by atoms with Crippen LogP contribution in [0.25, 0.3) is 0 Å². The van der Waals surface area contributed by atoms with E-state index < -0.39 is 24.4 Å². The second-order valence-electron chi connectivity index (χ2n) is 4.25. The Morgan fingerprint density at radius 3 is 3.00 bits per heavy atom. The SMILES string of the molecule is CC1=C[C@H]2CN(C(=O)N2O[C@@H](F)C(=O)O)[C@@H]1CN. The zero-order valence-electron chi connectivity index (χ0n) is 9.75. The fourth-order valence-corrected chi connectivity index (χ4v) is 2.24. The van der Waals surface area contributed by atoms with Gasteiger partial charge in [0.25, 0.3) is 0 Å². The van der Waals surface area contributed by atoms with Gasteiger partial charge in [0.15, 0.2) is 0 Å². The van der Waals surface area contributed by atoms with Gasteiger partial charge in [-0.1, -0.05) is 11.6 Å². The van der Waals surface area contributed by atoms with Crippen molar-refractivity contribution in [3.05, 3.63) is 11.6 Å². The fourth-order valence-electron chi connectivity index (χ4n) is 2.24. The molecule has 1 fully saturated rings. The number of hydroxylamine groups is 2. The number of aliphatic carboxylic acids is 1. The van der Waals surface area contributed by atoms with Crippen LogP contribution in [-0.2, 0) is 9.63 Å². The van der Waals surface area contributed by atoms with Gasteiger partial charge in [-0.05, 0) is 6.92 Å². The van der Waals surface area contributed by atoms with Gasteiger partial charge in [0.2, 0.25) is 0 Å². The molecule has 0 spiro atoms. The molecule has 0 aromatic rings. The first kappa shape index (κ1) is 12.8. The van der Waals surface area contributed by atoms with E-state index in [4.69, 9.17) is 10.8 Å². The van der Waals surface area contributed by atoms with Gasteiger partial charge in [-0.3, -0.25) is 0 Å². The maximum absolute atomic E-state index is 13.0. The first-order chi connectivity index (χ1) is 8.45.